The third-order valence-electron chi connectivity index (χ3n) is 2.73. The van der Waals surface area contributed by atoms with Gasteiger partial charge in [-0.2, -0.15) is 0 Å². The molecule has 1 unspecified atom stereocenters. The molecule has 4 N–H and O–H groups in total. The maximum atomic E-state index is 11.2. The van der Waals surface area contributed by atoms with Crippen molar-refractivity contribution in [1.82, 2.24) is 5.32 Å². The zero-order valence-electron chi connectivity index (χ0n) is 9.61. The highest BCUT2D eigenvalue weighted by Gasteiger charge is 2.13. The Hall–Kier alpha value is -1.59. The normalized spacial score (nSPS) is 19.9. The van der Waals surface area contributed by atoms with Crippen molar-refractivity contribution in [3.8, 4) is 0 Å². The second-order valence-corrected chi connectivity index (χ2v) is 4.02. The van der Waals surface area contributed by atoms with E-state index in [0.717, 1.165) is 18.8 Å². The van der Waals surface area contributed by atoms with Gasteiger partial charge < -0.3 is 21.1 Å². The molecule has 0 aliphatic carbocycles. The van der Waals surface area contributed by atoms with Crippen molar-refractivity contribution >= 4 is 11.6 Å². The Bertz CT molecular complexity index is 389. The molecule has 1 heterocycles. The molecule has 1 aliphatic heterocycles. The predicted octanol–water partition coefficient (Wildman–Crippen LogP) is 0.186. The van der Waals surface area contributed by atoms with Crippen molar-refractivity contribution in [1.29, 1.82) is 0 Å². The number of hydrogen-bond donors (Lipinski definition) is 3. The second kappa shape index (κ2) is 5.65. The fourth-order valence-corrected chi connectivity index (χ4v) is 1.84. The SMILES string of the molecule is NC(=O)c1ccccc1NCC1COCCN1. The van der Waals surface area contributed by atoms with Gasteiger partial charge in [0.1, 0.15) is 0 Å². The molecule has 5 heteroatoms. The molecule has 1 amide bonds. The molecule has 1 aromatic rings. The molecular formula is C12H17N3O2. The molecule has 1 saturated heterocycles. The van der Waals surface area contributed by atoms with E-state index in [1.54, 1.807) is 12.1 Å². The van der Waals surface area contributed by atoms with Gasteiger partial charge >= 0.3 is 0 Å². The van der Waals surface area contributed by atoms with Crippen LogP contribution in [-0.4, -0.2) is 38.3 Å². The Balaban J connectivity index is 1.96. The maximum absolute atomic E-state index is 11.2. The van der Waals surface area contributed by atoms with E-state index >= 15 is 0 Å². The molecular weight excluding hydrogens is 218 g/mol. The van der Waals surface area contributed by atoms with Crippen LogP contribution in [0.3, 0.4) is 0 Å². The minimum absolute atomic E-state index is 0.268. The lowest BCUT2D eigenvalue weighted by atomic mass is 10.1. The van der Waals surface area contributed by atoms with E-state index in [4.69, 9.17) is 10.5 Å². The van der Waals surface area contributed by atoms with Gasteiger partial charge in [0, 0.05) is 24.8 Å². The van der Waals surface area contributed by atoms with Crippen molar-refractivity contribution in [2.45, 2.75) is 6.04 Å². The van der Waals surface area contributed by atoms with Crippen molar-refractivity contribution < 1.29 is 9.53 Å². The number of anilines is 1. The Morgan fingerprint density at radius 3 is 3.06 bits per heavy atom. The van der Waals surface area contributed by atoms with Gasteiger partial charge in [-0.1, -0.05) is 12.1 Å². The first-order valence-electron chi connectivity index (χ1n) is 5.71. The molecule has 0 aromatic heterocycles. The van der Waals surface area contributed by atoms with Gasteiger partial charge in [-0.15, -0.1) is 0 Å². The predicted molar refractivity (Wildman–Crippen MR) is 66.1 cm³/mol. The Labute approximate surface area is 100 Å². The van der Waals surface area contributed by atoms with Gasteiger partial charge in [0.2, 0.25) is 0 Å². The Morgan fingerprint density at radius 1 is 1.53 bits per heavy atom. The monoisotopic (exact) mass is 235 g/mol. The van der Waals surface area contributed by atoms with Crippen LogP contribution in [0.1, 0.15) is 10.4 Å². The van der Waals surface area contributed by atoms with Crippen molar-refractivity contribution in [2.75, 3.05) is 31.6 Å². The molecule has 0 bridgehead atoms. The first-order chi connectivity index (χ1) is 8.27. The summed E-state index contributed by atoms with van der Waals surface area (Å²) >= 11 is 0. The first kappa shape index (κ1) is 11.9. The lowest BCUT2D eigenvalue weighted by Crippen LogP contribution is -2.45. The number of benzene rings is 1. The maximum Gasteiger partial charge on any atom is 0.250 e. The zero-order chi connectivity index (χ0) is 12.1. The van der Waals surface area contributed by atoms with Crippen LogP contribution in [0.4, 0.5) is 5.69 Å². The number of amides is 1. The standard InChI is InChI=1S/C12H17N3O2/c13-12(16)10-3-1-2-4-11(10)15-7-9-8-17-6-5-14-9/h1-4,9,14-15H,5-8H2,(H2,13,16). The van der Waals surface area contributed by atoms with Crippen LogP contribution in [0.25, 0.3) is 0 Å². The molecule has 0 spiro atoms. The van der Waals surface area contributed by atoms with Crippen LogP contribution in [0.2, 0.25) is 0 Å². The van der Waals surface area contributed by atoms with Crippen molar-refractivity contribution in [3.63, 3.8) is 0 Å². The fraction of sp³-hybridized carbons (Fsp3) is 0.417. The van der Waals surface area contributed by atoms with Crippen LogP contribution in [0.5, 0.6) is 0 Å². The summed E-state index contributed by atoms with van der Waals surface area (Å²) in [6.07, 6.45) is 0. The molecule has 1 aliphatic rings. The minimum Gasteiger partial charge on any atom is -0.383 e. The van der Waals surface area contributed by atoms with E-state index in [1.807, 2.05) is 12.1 Å². The van der Waals surface area contributed by atoms with Crippen molar-refractivity contribution in [3.05, 3.63) is 29.8 Å². The summed E-state index contributed by atoms with van der Waals surface area (Å²) in [5.41, 5.74) is 6.59. The van der Waals surface area contributed by atoms with Crippen LogP contribution in [0.15, 0.2) is 24.3 Å². The fourth-order valence-electron chi connectivity index (χ4n) is 1.84. The molecule has 1 fully saturated rings. The number of rotatable bonds is 4. The van der Waals surface area contributed by atoms with E-state index in [0.29, 0.717) is 18.7 Å². The van der Waals surface area contributed by atoms with Crippen LogP contribution >= 0.6 is 0 Å². The number of para-hydroxylation sites is 1. The molecule has 17 heavy (non-hydrogen) atoms. The smallest absolute Gasteiger partial charge is 0.250 e. The number of nitrogens with one attached hydrogen (secondary N) is 2. The van der Waals surface area contributed by atoms with Crippen molar-refractivity contribution in [2.24, 2.45) is 5.73 Å². The number of morpholine rings is 1. The molecule has 5 nitrogen and oxygen atoms in total. The minimum atomic E-state index is -0.416. The number of carbonyl (C=O) groups excluding carboxylic acids is 1. The third-order valence-corrected chi connectivity index (χ3v) is 2.73. The number of ether oxygens (including phenoxy) is 1. The highest BCUT2D eigenvalue weighted by atomic mass is 16.5. The molecule has 1 atom stereocenters. The topological polar surface area (TPSA) is 76.4 Å². The molecule has 1 aromatic carbocycles. The largest absolute Gasteiger partial charge is 0.383 e. The van der Waals surface area contributed by atoms with Gasteiger partial charge in [0.05, 0.1) is 18.8 Å². The summed E-state index contributed by atoms with van der Waals surface area (Å²) in [4.78, 5) is 11.2. The summed E-state index contributed by atoms with van der Waals surface area (Å²) in [5, 5.41) is 6.56. The highest BCUT2D eigenvalue weighted by molar-refractivity contribution is 5.98. The van der Waals surface area contributed by atoms with Crippen LogP contribution < -0.4 is 16.4 Å². The molecule has 0 radical (unpaired) electrons. The van der Waals surface area contributed by atoms with Crippen LogP contribution in [0, 0.1) is 0 Å². The van der Waals surface area contributed by atoms with E-state index in [9.17, 15) is 4.79 Å². The molecule has 2 rings (SSSR count). The Kier molecular flexibility index (Phi) is 3.95. The first-order valence-corrected chi connectivity index (χ1v) is 5.71. The van der Waals surface area contributed by atoms with Gasteiger partial charge in [0.15, 0.2) is 0 Å². The van der Waals surface area contributed by atoms with E-state index in [2.05, 4.69) is 10.6 Å². The quantitative estimate of drug-likeness (QED) is 0.696. The lowest BCUT2D eigenvalue weighted by molar-refractivity contribution is 0.0806. The number of nitrogens with two attached hydrogens (primary N) is 1. The Morgan fingerprint density at radius 2 is 2.35 bits per heavy atom. The molecule has 0 saturated carbocycles. The summed E-state index contributed by atoms with van der Waals surface area (Å²) in [6.45, 7) is 3.02. The average molecular weight is 235 g/mol. The summed E-state index contributed by atoms with van der Waals surface area (Å²) in [6, 6.07) is 7.51. The van der Waals surface area contributed by atoms with Crippen LogP contribution in [-0.2, 0) is 4.74 Å². The average Bonchev–Trinajstić information content (AvgIpc) is 2.38. The summed E-state index contributed by atoms with van der Waals surface area (Å²) in [7, 11) is 0. The van der Waals surface area contributed by atoms with E-state index in [1.165, 1.54) is 0 Å². The molecule has 92 valence electrons. The third kappa shape index (κ3) is 3.18. The second-order valence-electron chi connectivity index (χ2n) is 4.02. The lowest BCUT2D eigenvalue weighted by Gasteiger charge is -2.24. The van der Waals surface area contributed by atoms with Gasteiger partial charge in [-0.25, -0.2) is 0 Å². The summed E-state index contributed by atoms with van der Waals surface area (Å²) in [5.74, 6) is -0.416. The van der Waals surface area contributed by atoms with Gasteiger partial charge in [-0.05, 0) is 12.1 Å². The number of carbonyl (C=O) groups is 1. The van der Waals surface area contributed by atoms with E-state index < -0.39 is 5.91 Å². The number of primary amides is 1. The number of hydrogen-bond acceptors (Lipinski definition) is 4. The van der Waals surface area contributed by atoms with E-state index in [-0.39, 0.29) is 6.04 Å². The zero-order valence-corrected chi connectivity index (χ0v) is 9.61. The van der Waals surface area contributed by atoms with Gasteiger partial charge in [-0.3, -0.25) is 4.79 Å². The summed E-state index contributed by atoms with van der Waals surface area (Å²) < 4.78 is 5.35. The van der Waals surface area contributed by atoms with Gasteiger partial charge in [0.25, 0.3) is 5.91 Å². The highest BCUT2D eigenvalue weighted by Crippen LogP contribution is 2.14.